The van der Waals surface area contributed by atoms with E-state index in [9.17, 15) is 13.5 Å². The normalized spacial score (nSPS) is 13.7. The molecule has 0 amide bonds. The number of benzene rings is 1. The number of rotatable bonds is 7. The van der Waals surface area contributed by atoms with E-state index in [0.29, 0.717) is 13.1 Å². The lowest BCUT2D eigenvalue weighted by atomic mass is 10.1. The van der Waals surface area contributed by atoms with Crippen molar-refractivity contribution < 1.29 is 13.5 Å². The Morgan fingerprint density at radius 3 is 2.32 bits per heavy atom. The van der Waals surface area contributed by atoms with Crippen LogP contribution in [0.3, 0.4) is 0 Å². The first-order valence-corrected chi connectivity index (χ1v) is 8.52. The fraction of sp³-hybridized carbons (Fsp3) is 0.571. The van der Waals surface area contributed by atoms with Crippen LogP contribution >= 0.6 is 0 Å². The van der Waals surface area contributed by atoms with Crippen LogP contribution in [0.1, 0.15) is 24.2 Å². The molecule has 0 bridgehead atoms. The molecule has 1 aromatic carbocycles. The second-order valence-corrected chi connectivity index (χ2v) is 7.21. The Hall–Kier alpha value is -0.910. The van der Waals surface area contributed by atoms with Crippen molar-refractivity contribution in [1.29, 1.82) is 0 Å². The monoisotopic (exact) mass is 285 g/mol. The molecular weight excluding hydrogens is 262 g/mol. The standard InChI is InChI=1S/C14H23NO3S/c1-4-15(9-10-19(3,17)18)11-14(16)13-7-5-12(2)6-8-13/h5-8,14,16H,4,9-11H2,1-3H3/t14-/m1/s1. The molecule has 0 fully saturated rings. The van der Waals surface area contributed by atoms with Gasteiger partial charge >= 0.3 is 0 Å². The Labute approximate surface area is 116 Å². The number of nitrogens with zero attached hydrogens (tertiary/aromatic N) is 1. The first-order valence-electron chi connectivity index (χ1n) is 6.46. The van der Waals surface area contributed by atoms with Crippen LogP contribution in [0.5, 0.6) is 0 Å². The SMILES string of the molecule is CCN(CCS(C)(=O)=O)C[C@@H](O)c1ccc(C)cc1. The molecule has 0 aliphatic rings. The number of aryl methyl sites for hydroxylation is 1. The van der Waals surface area contributed by atoms with Crippen LogP contribution in [0.15, 0.2) is 24.3 Å². The maximum absolute atomic E-state index is 11.2. The van der Waals surface area contributed by atoms with Crippen molar-refractivity contribution in [1.82, 2.24) is 4.90 Å². The Bertz CT molecular complexity index is 482. The molecule has 0 spiro atoms. The maximum atomic E-state index is 11.2. The van der Waals surface area contributed by atoms with Gasteiger partial charge in [-0.15, -0.1) is 0 Å². The quantitative estimate of drug-likeness (QED) is 0.822. The number of hydrogen-bond donors (Lipinski definition) is 1. The maximum Gasteiger partial charge on any atom is 0.148 e. The van der Waals surface area contributed by atoms with Crippen LogP contribution in [0.4, 0.5) is 0 Å². The Kier molecular flexibility index (Phi) is 5.97. The lowest BCUT2D eigenvalue weighted by molar-refractivity contribution is 0.119. The summed E-state index contributed by atoms with van der Waals surface area (Å²) in [7, 11) is -2.96. The van der Waals surface area contributed by atoms with E-state index in [1.165, 1.54) is 6.26 Å². The molecule has 1 atom stereocenters. The van der Waals surface area contributed by atoms with Gasteiger partial charge in [0.1, 0.15) is 9.84 Å². The molecule has 4 nitrogen and oxygen atoms in total. The van der Waals surface area contributed by atoms with Crippen LogP contribution in [0.25, 0.3) is 0 Å². The second-order valence-electron chi connectivity index (χ2n) is 4.95. The van der Waals surface area contributed by atoms with E-state index in [0.717, 1.165) is 17.7 Å². The third kappa shape index (κ3) is 6.18. The van der Waals surface area contributed by atoms with Gasteiger partial charge in [-0.05, 0) is 19.0 Å². The minimum absolute atomic E-state index is 0.126. The molecule has 0 heterocycles. The Morgan fingerprint density at radius 2 is 1.84 bits per heavy atom. The zero-order chi connectivity index (χ0) is 14.5. The van der Waals surface area contributed by atoms with Gasteiger partial charge in [-0.3, -0.25) is 4.90 Å². The summed E-state index contributed by atoms with van der Waals surface area (Å²) in [6.45, 7) is 5.59. The summed E-state index contributed by atoms with van der Waals surface area (Å²) in [5.74, 6) is 0.126. The van der Waals surface area contributed by atoms with Crippen molar-refractivity contribution in [3.05, 3.63) is 35.4 Å². The molecule has 0 aliphatic heterocycles. The second kappa shape index (κ2) is 7.03. The molecule has 0 radical (unpaired) electrons. The van der Waals surface area contributed by atoms with Gasteiger partial charge in [0.25, 0.3) is 0 Å². The van der Waals surface area contributed by atoms with Gasteiger partial charge in [0.05, 0.1) is 11.9 Å². The van der Waals surface area contributed by atoms with E-state index in [2.05, 4.69) is 0 Å². The van der Waals surface area contributed by atoms with Crippen molar-refractivity contribution in [2.75, 3.05) is 31.6 Å². The molecule has 0 saturated carbocycles. The summed E-state index contributed by atoms with van der Waals surface area (Å²) in [5.41, 5.74) is 2.02. The van der Waals surface area contributed by atoms with Gasteiger partial charge in [0.2, 0.25) is 0 Å². The zero-order valence-corrected chi connectivity index (χ0v) is 12.7. The predicted octanol–water partition coefficient (Wildman–Crippen LogP) is 1.39. The highest BCUT2D eigenvalue weighted by molar-refractivity contribution is 7.90. The third-order valence-electron chi connectivity index (χ3n) is 3.12. The molecule has 1 N–H and O–H groups in total. The van der Waals surface area contributed by atoms with Gasteiger partial charge in [0, 0.05) is 19.3 Å². The summed E-state index contributed by atoms with van der Waals surface area (Å²) in [5, 5.41) is 10.2. The highest BCUT2D eigenvalue weighted by Crippen LogP contribution is 2.15. The Morgan fingerprint density at radius 1 is 1.26 bits per heavy atom. The molecule has 1 rings (SSSR count). The highest BCUT2D eigenvalue weighted by Gasteiger charge is 2.14. The molecule has 0 unspecified atom stereocenters. The Balaban J connectivity index is 2.57. The summed E-state index contributed by atoms with van der Waals surface area (Å²) < 4.78 is 22.3. The van der Waals surface area contributed by atoms with E-state index in [-0.39, 0.29) is 5.75 Å². The molecule has 0 aromatic heterocycles. The molecule has 108 valence electrons. The molecule has 5 heteroatoms. The van der Waals surface area contributed by atoms with E-state index in [1.54, 1.807) is 0 Å². The van der Waals surface area contributed by atoms with Crippen molar-refractivity contribution in [3.8, 4) is 0 Å². The summed E-state index contributed by atoms with van der Waals surface area (Å²) in [6.07, 6.45) is 0.650. The van der Waals surface area contributed by atoms with Gasteiger partial charge < -0.3 is 5.11 Å². The number of aliphatic hydroxyl groups is 1. The lowest BCUT2D eigenvalue weighted by Gasteiger charge is -2.23. The van der Waals surface area contributed by atoms with Crippen molar-refractivity contribution in [3.63, 3.8) is 0 Å². The topological polar surface area (TPSA) is 57.6 Å². The zero-order valence-electron chi connectivity index (χ0n) is 11.8. The summed E-state index contributed by atoms with van der Waals surface area (Å²) in [4.78, 5) is 1.95. The summed E-state index contributed by atoms with van der Waals surface area (Å²) >= 11 is 0. The van der Waals surface area contributed by atoms with Gasteiger partial charge in [-0.1, -0.05) is 36.8 Å². The molecular formula is C14H23NO3S. The van der Waals surface area contributed by atoms with Crippen LogP contribution < -0.4 is 0 Å². The number of hydrogen-bond acceptors (Lipinski definition) is 4. The van der Waals surface area contributed by atoms with Crippen molar-refractivity contribution in [2.45, 2.75) is 20.0 Å². The smallest absolute Gasteiger partial charge is 0.148 e. The molecule has 0 aliphatic carbocycles. The van der Waals surface area contributed by atoms with Crippen molar-refractivity contribution in [2.24, 2.45) is 0 Å². The minimum atomic E-state index is -2.96. The third-order valence-corrected chi connectivity index (χ3v) is 4.04. The average molecular weight is 285 g/mol. The van der Waals surface area contributed by atoms with Crippen molar-refractivity contribution >= 4 is 9.84 Å². The van der Waals surface area contributed by atoms with Crippen LogP contribution in [-0.4, -0.2) is 50.1 Å². The largest absolute Gasteiger partial charge is 0.387 e. The minimum Gasteiger partial charge on any atom is -0.387 e. The van der Waals surface area contributed by atoms with Crippen LogP contribution in [0.2, 0.25) is 0 Å². The molecule has 1 aromatic rings. The van der Waals surface area contributed by atoms with Gasteiger partial charge in [-0.2, -0.15) is 0 Å². The average Bonchev–Trinajstić information content (AvgIpc) is 2.34. The first kappa shape index (κ1) is 16.1. The van der Waals surface area contributed by atoms with Crippen LogP contribution in [-0.2, 0) is 9.84 Å². The molecule has 19 heavy (non-hydrogen) atoms. The van der Waals surface area contributed by atoms with E-state index < -0.39 is 15.9 Å². The van der Waals surface area contributed by atoms with Gasteiger partial charge in [-0.25, -0.2) is 8.42 Å². The number of likely N-dealkylation sites (N-methyl/N-ethyl adjacent to an activating group) is 1. The van der Waals surface area contributed by atoms with Crippen LogP contribution in [0, 0.1) is 6.92 Å². The fourth-order valence-electron chi connectivity index (χ4n) is 1.81. The van der Waals surface area contributed by atoms with Gasteiger partial charge in [0.15, 0.2) is 0 Å². The van der Waals surface area contributed by atoms with E-state index >= 15 is 0 Å². The van der Waals surface area contributed by atoms with E-state index in [1.807, 2.05) is 43.0 Å². The fourth-order valence-corrected chi connectivity index (χ4v) is 2.40. The predicted molar refractivity (Wildman–Crippen MR) is 78.0 cm³/mol. The first-order chi connectivity index (χ1) is 8.81. The van der Waals surface area contributed by atoms with E-state index in [4.69, 9.17) is 0 Å². The number of aliphatic hydroxyl groups excluding tert-OH is 1. The highest BCUT2D eigenvalue weighted by atomic mass is 32.2. The molecule has 0 saturated heterocycles. The lowest BCUT2D eigenvalue weighted by Crippen LogP contribution is -2.32. The number of sulfone groups is 1. The summed E-state index contributed by atoms with van der Waals surface area (Å²) in [6, 6.07) is 7.74.